The number of aromatic nitrogens is 4. The molecule has 1 aliphatic carbocycles. The van der Waals surface area contributed by atoms with Crippen LogP contribution in [0.2, 0.25) is 0 Å². The molecule has 4 N–H and O–H groups in total. The molecule has 2 amide bonds. The minimum Gasteiger partial charge on any atom is -0.394 e. The minimum absolute atomic E-state index is 0.00539. The third kappa shape index (κ3) is 4.90. The molecular weight excluding hydrogens is 434 g/mol. The van der Waals surface area contributed by atoms with Gasteiger partial charge in [-0.2, -0.15) is 5.26 Å². The van der Waals surface area contributed by atoms with Gasteiger partial charge < -0.3 is 30.1 Å². The van der Waals surface area contributed by atoms with Gasteiger partial charge in [-0.05, 0) is 25.7 Å². The van der Waals surface area contributed by atoms with Crippen molar-refractivity contribution in [2.75, 3.05) is 31.3 Å². The van der Waals surface area contributed by atoms with Crippen molar-refractivity contribution in [3.8, 4) is 6.07 Å². The summed E-state index contributed by atoms with van der Waals surface area (Å²) in [7, 11) is 0. The van der Waals surface area contributed by atoms with E-state index in [4.69, 9.17) is 19.8 Å². The summed E-state index contributed by atoms with van der Waals surface area (Å²) in [5.74, 6) is 0.624. The van der Waals surface area contributed by atoms with Crippen molar-refractivity contribution >= 4 is 23.0 Å². The number of nitrogens with one attached hydrogen (secondary N) is 1. The fourth-order valence-corrected chi connectivity index (χ4v) is 3.70. The number of imidazole rings is 1. The number of anilines is 1. The Balaban J connectivity index is 1.62. The van der Waals surface area contributed by atoms with Crippen LogP contribution in [0.25, 0.3) is 11.2 Å². The Labute approximate surface area is 189 Å². The van der Waals surface area contributed by atoms with Crippen molar-refractivity contribution < 1.29 is 29.6 Å². The van der Waals surface area contributed by atoms with Crippen LogP contribution >= 0.6 is 0 Å². The largest absolute Gasteiger partial charge is 0.394 e. The molecular formula is C20H27N7O6. The summed E-state index contributed by atoms with van der Waals surface area (Å²) < 4.78 is 12.5. The molecule has 2 aromatic rings. The Morgan fingerprint density at radius 3 is 2.88 bits per heavy atom. The van der Waals surface area contributed by atoms with Gasteiger partial charge in [-0.3, -0.25) is 9.47 Å². The molecule has 0 radical (unpaired) electrons. The zero-order chi connectivity index (χ0) is 23.5. The van der Waals surface area contributed by atoms with Gasteiger partial charge in [0.1, 0.15) is 30.7 Å². The van der Waals surface area contributed by atoms with Crippen LogP contribution in [0.4, 0.5) is 10.6 Å². The Morgan fingerprint density at radius 1 is 1.39 bits per heavy atom. The molecule has 2 fully saturated rings. The molecule has 1 saturated carbocycles. The number of fused-ring (bicyclic) bond motifs is 1. The number of carbonyl (C=O) groups is 1. The van der Waals surface area contributed by atoms with Crippen LogP contribution in [0.15, 0.2) is 12.7 Å². The number of aliphatic hydroxyl groups is 3. The minimum atomic E-state index is -1.27. The number of rotatable bonds is 9. The van der Waals surface area contributed by atoms with Gasteiger partial charge >= 0.3 is 6.03 Å². The Morgan fingerprint density at radius 2 is 2.18 bits per heavy atom. The predicted octanol–water partition coefficient (Wildman–Crippen LogP) is -0.708. The van der Waals surface area contributed by atoms with Crippen LogP contribution in [-0.4, -0.2) is 91.6 Å². The summed E-state index contributed by atoms with van der Waals surface area (Å²) in [6.45, 7) is 1.92. The number of nitriles is 1. The summed E-state index contributed by atoms with van der Waals surface area (Å²) in [5, 5.41) is 41.5. The van der Waals surface area contributed by atoms with Crippen molar-refractivity contribution in [3.05, 3.63) is 12.7 Å². The first kappa shape index (κ1) is 23.3. The maximum atomic E-state index is 12.9. The van der Waals surface area contributed by atoms with Gasteiger partial charge in [0.05, 0.1) is 32.2 Å². The second kappa shape index (κ2) is 9.94. The lowest BCUT2D eigenvalue weighted by Crippen LogP contribution is -2.45. The highest BCUT2D eigenvalue weighted by molar-refractivity contribution is 5.98. The van der Waals surface area contributed by atoms with Crippen molar-refractivity contribution in [1.29, 1.82) is 5.26 Å². The molecule has 3 heterocycles. The van der Waals surface area contributed by atoms with Gasteiger partial charge in [0, 0.05) is 6.54 Å². The number of amides is 2. The molecule has 2 aromatic heterocycles. The lowest BCUT2D eigenvalue weighted by Gasteiger charge is -2.23. The average Bonchev–Trinajstić information content (AvgIpc) is 3.47. The summed E-state index contributed by atoms with van der Waals surface area (Å²) in [6.07, 6.45) is 0.421. The van der Waals surface area contributed by atoms with Crippen LogP contribution in [0.5, 0.6) is 0 Å². The van der Waals surface area contributed by atoms with Crippen LogP contribution in [0, 0.1) is 17.2 Å². The van der Waals surface area contributed by atoms with Crippen LogP contribution < -0.4 is 10.2 Å². The fourth-order valence-electron chi connectivity index (χ4n) is 3.70. The van der Waals surface area contributed by atoms with Crippen molar-refractivity contribution in [2.24, 2.45) is 5.92 Å². The van der Waals surface area contributed by atoms with Gasteiger partial charge in [-0.25, -0.2) is 19.7 Å². The van der Waals surface area contributed by atoms with Crippen molar-refractivity contribution in [3.63, 3.8) is 0 Å². The second-order valence-electron chi connectivity index (χ2n) is 8.22. The van der Waals surface area contributed by atoms with E-state index in [9.17, 15) is 15.0 Å². The summed E-state index contributed by atoms with van der Waals surface area (Å²) in [5.41, 5.74) is 0.637. The first-order chi connectivity index (χ1) is 15.9. The molecule has 1 aliphatic heterocycles. The van der Waals surface area contributed by atoms with E-state index in [1.807, 2.05) is 6.07 Å². The van der Waals surface area contributed by atoms with Gasteiger partial charge in [0.15, 0.2) is 23.2 Å². The third-order valence-corrected chi connectivity index (χ3v) is 5.64. The van der Waals surface area contributed by atoms with E-state index in [2.05, 4.69) is 20.3 Å². The predicted molar refractivity (Wildman–Crippen MR) is 113 cm³/mol. The van der Waals surface area contributed by atoms with Gasteiger partial charge in [0.2, 0.25) is 0 Å². The molecule has 0 aromatic carbocycles. The quantitative estimate of drug-likeness (QED) is 0.349. The monoisotopic (exact) mass is 461 g/mol. The Kier molecular flexibility index (Phi) is 7.01. The third-order valence-electron chi connectivity index (χ3n) is 5.64. The standard InChI is InChI=1S/C20H27N7O6/c1-11(6-21)25-20(31)26(7-12-2-3-12)17-14-18(23-9-22-17)27(10-24-14)19-16(30)15(29)13(33-19)8-32-5-4-28/h9-13,15-16,19,28-30H,2-5,7-8H2,1H3,(H,25,31)/t11?,13-,15-,16-,19-/m1/s1. The molecule has 178 valence electrons. The fraction of sp³-hybridized carbons (Fsp3) is 0.650. The molecule has 33 heavy (non-hydrogen) atoms. The lowest BCUT2D eigenvalue weighted by atomic mass is 10.1. The molecule has 1 saturated heterocycles. The second-order valence-corrected chi connectivity index (χ2v) is 8.22. The highest BCUT2D eigenvalue weighted by atomic mass is 16.6. The van der Waals surface area contributed by atoms with E-state index in [1.54, 1.807) is 6.92 Å². The number of carbonyl (C=O) groups excluding carboxylic acids is 1. The summed E-state index contributed by atoms with van der Waals surface area (Å²) in [4.78, 5) is 27.3. The van der Waals surface area contributed by atoms with Gasteiger partial charge in [-0.15, -0.1) is 0 Å². The maximum Gasteiger partial charge on any atom is 0.324 e. The molecule has 1 unspecified atom stereocenters. The van der Waals surface area contributed by atoms with E-state index >= 15 is 0 Å². The zero-order valence-electron chi connectivity index (χ0n) is 18.1. The van der Waals surface area contributed by atoms with Crippen LogP contribution in [0.3, 0.4) is 0 Å². The SMILES string of the molecule is CC(C#N)NC(=O)N(CC1CC1)c1ncnc2c1ncn2[C@@H]1O[C@H](COCCO)[C@@H](O)[C@H]1O. The Hall–Kier alpha value is -2.89. The number of nitrogens with zero attached hydrogens (tertiary/aromatic N) is 6. The molecule has 4 rings (SSSR count). The van der Waals surface area contributed by atoms with Crippen molar-refractivity contribution in [1.82, 2.24) is 24.8 Å². The topological polar surface area (TPSA) is 179 Å². The number of ether oxygens (including phenoxy) is 2. The van der Waals surface area contributed by atoms with Gasteiger partial charge in [-0.1, -0.05) is 0 Å². The van der Waals surface area contributed by atoms with E-state index in [-0.39, 0.29) is 25.6 Å². The van der Waals surface area contributed by atoms with Crippen LogP contribution in [-0.2, 0) is 9.47 Å². The molecule has 13 heteroatoms. The molecule has 13 nitrogen and oxygen atoms in total. The van der Waals surface area contributed by atoms with E-state index < -0.39 is 36.6 Å². The normalized spacial score (nSPS) is 25.7. The Bertz CT molecular complexity index is 1020. The van der Waals surface area contributed by atoms with Crippen LogP contribution in [0.1, 0.15) is 26.0 Å². The lowest BCUT2D eigenvalue weighted by molar-refractivity contribution is -0.0684. The number of urea groups is 1. The number of hydrogen-bond acceptors (Lipinski definition) is 10. The van der Waals surface area contributed by atoms with Gasteiger partial charge in [0.25, 0.3) is 0 Å². The molecule has 2 aliphatic rings. The van der Waals surface area contributed by atoms with Crippen molar-refractivity contribution in [2.45, 2.75) is 50.3 Å². The molecule has 0 spiro atoms. The first-order valence-corrected chi connectivity index (χ1v) is 10.8. The number of aliphatic hydroxyl groups excluding tert-OH is 3. The molecule has 0 bridgehead atoms. The summed E-state index contributed by atoms with van der Waals surface area (Å²) >= 11 is 0. The zero-order valence-corrected chi connectivity index (χ0v) is 18.1. The maximum absolute atomic E-state index is 12.9. The van der Waals surface area contributed by atoms with E-state index in [1.165, 1.54) is 22.1 Å². The molecule has 5 atom stereocenters. The highest BCUT2D eigenvalue weighted by Crippen LogP contribution is 2.35. The average molecular weight is 461 g/mol. The van der Waals surface area contributed by atoms with E-state index in [0.717, 1.165) is 12.8 Å². The number of hydrogen-bond donors (Lipinski definition) is 4. The highest BCUT2D eigenvalue weighted by Gasteiger charge is 2.44. The summed E-state index contributed by atoms with van der Waals surface area (Å²) in [6, 6.07) is 0.840. The smallest absolute Gasteiger partial charge is 0.324 e. The van der Waals surface area contributed by atoms with E-state index in [0.29, 0.717) is 23.6 Å². The first-order valence-electron chi connectivity index (χ1n) is 10.8.